The van der Waals surface area contributed by atoms with Crippen molar-refractivity contribution in [3.05, 3.63) is 36.2 Å². The molecule has 98 valence electrons. The predicted molar refractivity (Wildman–Crippen MR) is 69.0 cm³/mol. The zero-order valence-electron chi connectivity index (χ0n) is 11.0. The Hall–Kier alpha value is -1.39. The number of hydrogen-bond donors (Lipinski definition) is 0. The van der Waals surface area contributed by atoms with Gasteiger partial charge in [-0.25, -0.2) is 4.39 Å². The van der Waals surface area contributed by atoms with Crippen molar-refractivity contribution < 1.29 is 17.9 Å². The summed E-state index contributed by atoms with van der Waals surface area (Å²) in [7, 11) is 1.67. The molecule has 0 bridgehead atoms. The summed E-state index contributed by atoms with van der Waals surface area (Å²) in [5, 5.41) is 0. The van der Waals surface area contributed by atoms with Crippen molar-refractivity contribution in [3.8, 4) is 5.75 Å². The molecular weight excluding hydrogens is 240 g/mol. The lowest BCUT2D eigenvalue weighted by atomic mass is 9.93. The van der Waals surface area contributed by atoms with E-state index in [0.29, 0.717) is 5.46 Å². The van der Waals surface area contributed by atoms with E-state index in [9.17, 15) is 13.2 Å². The van der Waals surface area contributed by atoms with Gasteiger partial charge in [0, 0.05) is 6.07 Å². The van der Waals surface area contributed by atoms with Crippen molar-refractivity contribution in [3.63, 3.8) is 0 Å². The van der Waals surface area contributed by atoms with Crippen LogP contribution in [0.1, 0.15) is 20.8 Å². The highest BCUT2D eigenvalue weighted by Crippen LogP contribution is 2.37. The fourth-order valence-electron chi connectivity index (χ4n) is 1.63. The normalized spacial score (nSPS) is 12.3. The molecule has 0 aromatic heterocycles. The first-order valence-electron chi connectivity index (χ1n) is 5.56. The van der Waals surface area contributed by atoms with Crippen LogP contribution in [-0.2, 0) is 0 Å². The Kier molecular flexibility index (Phi) is 3.84. The quantitative estimate of drug-likeness (QED) is 0.594. The topological polar surface area (TPSA) is 9.23 Å². The van der Waals surface area contributed by atoms with E-state index in [2.05, 4.69) is 6.58 Å². The van der Waals surface area contributed by atoms with Gasteiger partial charge < -0.3 is 4.74 Å². The Bertz CT molecular complexity index is 449. The average Bonchev–Trinajstić information content (AvgIpc) is 2.13. The lowest BCUT2D eigenvalue weighted by Gasteiger charge is -2.35. The molecule has 1 aromatic rings. The zero-order valence-corrected chi connectivity index (χ0v) is 11.0. The Morgan fingerprint density at radius 1 is 1.28 bits per heavy atom. The van der Waals surface area contributed by atoms with Crippen LogP contribution >= 0.6 is 0 Å². The summed E-state index contributed by atoms with van der Waals surface area (Å²) >= 11 is 0. The van der Waals surface area contributed by atoms with E-state index in [1.165, 1.54) is 32.9 Å². The van der Waals surface area contributed by atoms with Crippen molar-refractivity contribution in [1.82, 2.24) is 0 Å². The largest absolute Gasteiger partial charge is 0.481 e. The maximum absolute atomic E-state index is 13.9. The number of ether oxygens (including phenoxy) is 1. The Balaban J connectivity index is 3.05. The molecule has 1 rings (SSSR count). The van der Waals surface area contributed by atoms with Crippen LogP contribution in [0, 0.1) is 5.82 Å². The summed E-state index contributed by atoms with van der Waals surface area (Å²) in [5.41, 5.74) is -1.47. The van der Waals surface area contributed by atoms with Crippen LogP contribution < -0.4 is 10.2 Å². The number of benzene rings is 1. The second-order valence-corrected chi connectivity index (χ2v) is 4.93. The van der Waals surface area contributed by atoms with Gasteiger partial charge in [-0.2, -0.15) is 8.78 Å². The molecule has 1 nitrogen and oxygen atoms in total. The van der Waals surface area contributed by atoms with Crippen molar-refractivity contribution >= 4 is 13.3 Å². The van der Waals surface area contributed by atoms with Gasteiger partial charge >= 0.3 is 5.92 Å². The minimum absolute atomic E-state index is 0.0819. The zero-order chi connectivity index (χ0) is 14.1. The van der Waals surface area contributed by atoms with Crippen LogP contribution in [0.25, 0.3) is 0 Å². The predicted octanol–water partition coefficient (Wildman–Crippen LogP) is 2.45. The van der Waals surface area contributed by atoms with Gasteiger partial charge in [0.15, 0.2) is 5.60 Å². The van der Waals surface area contributed by atoms with Crippen molar-refractivity contribution in [2.45, 2.75) is 32.3 Å². The molecule has 0 fully saturated rings. The molecule has 0 N–H and O–H groups in total. The van der Waals surface area contributed by atoms with E-state index in [1.807, 2.05) is 0 Å². The van der Waals surface area contributed by atoms with Gasteiger partial charge in [0.05, 0.1) is 0 Å². The van der Waals surface area contributed by atoms with Gasteiger partial charge in [0.25, 0.3) is 0 Å². The third kappa shape index (κ3) is 2.89. The second kappa shape index (κ2) is 4.71. The minimum atomic E-state index is -3.20. The summed E-state index contributed by atoms with van der Waals surface area (Å²) < 4.78 is 46.2. The third-order valence-corrected chi connectivity index (χ3v) is 2.68. The highest BCUT2D eigenvalue weighted by atomic mass is 19.3. The lowest BCUT2D eigenvalue weighted by Crippen LogP contribution is -2.48. The molecule has 0 unspecified atom stereocenters. The molecule has 0 amide bonds. The van der Waals surface area contributed by atoms with E-state index in [1.54, 1.807) is 7.85 Å². The third-order valence-electron chi connectivity index (χ3n) is 2.68. The molecule has 0 heterocycles. The second-order valence-electron chi connectivity index (χ2n) is 4.93. The fourth-order valence-corrected chi connectivity index (χ4v) is 1.63. The molecule has 1 aromatic carbocycles. The monoisotopic (exact) mass is 256 g/mol. The summed E-state index contributed by atoms with van der Waals surface area (Å²) in [6.45, 7) is 7.01. The number of halogens is 3. The number of alkyl halides is 2. The lowest BCUT2D eigenvalue weighted by molar-refractivity contribution is -0.119. The summed E-state index contributed by atoms with van der Waals surface area (Å²) in [6.07, 6.45) is 0. The average molecular weight is 256 g/mol. The smallest absolute Gasteiger partial charge is 0.306 e. The summed E-state index contributed by atoms with van der Waals surface area (Å²) in [5.74, 6) is -3.63. The van der Waals surface area contributed by atoms with E-state index >= 15 is 0 Å². The van der Waals surface area contributed by atoms with Gasteiger partial charge in [-0.3, -0.25) is 0 Å². The Morgan fingerprint density at radius 3 is 2.28 bits per heavy atom. The van der Waals surface area contributed by atoms with Crippen LogP contribution in [0.3, 0.4) is 0 Å². The van der Waals surface area contributed by atoms with Gasteiger partial charge in [-0.15, -0.1) is 0 Å². The first-order chi connectivity index (χ1) is 8.06. The molecule has 0 radical (unpaired) electrons. The number of rotatable bonds is 4. The van der Waals surface area contributed by atoms with Gasteiger partial charge in [-0.1, -0.05) is 12.0 Å². The van der Waals surface area contributed by atoms with E-state index < -0.39 is 17.3 Å². The van der Waals surface area contributed by atoms with E-state index in [4.69, 9.17) is 4.74 Å². The summed E-state index contributed by atoms with van der Waals surface area (Å²) in [6, 6.07) is 3.90. The van der Waals surface area contributed by atoms with Gasteiger partial charge in [0.1, 0.15) is 19.4 Å². The van der Waals surface area contributed by atoms with Crippen molar-refractivity contribution in [1.29, 1.82) is 0 Å². The molecule has 0 aliphatic heterocycles. The standard InChI is InChI=1S/C13H16BF3O/c1-8(2)13(16,17)12(3,4)18-11-6-9(14)5-10(15)7-11/h5-7H,1,14H2,2-4H3. The van der Waals surface area contributed by atoms with Crippen LogP contribution in [0.4, 0.5) is 13.2 Å². The van der Waals surface area contributed by atoms with E-state index in [0.717, 1.165) is 6.07 Å². The van der Waals surface area contributed by atoms with Crippen LogP contribution in [-0.4, -0.2) is 19.4 Å². The van der Waals surface area contributed by atoms with Crippen molar-refractivity contribution in [2.24, 2.45) is 0 Å². The highest BCUT2D eigenvalue weighted by molar-refractivity contribution is 6.32. The Morgan fingerprint density at radius 2 is 1.83 bits per heavy atom. The Labute approximate surface area is 106 Å². The molecule has 18 heavy (non-hydrogen) atoms. The van der Waals surface area contributed by atoms with Crippen LogP contribution in [0.5, 0.6) is 5.75 Å². The number of hydrogen-bond acceptors (Lipinski definition) is 1. The molecule has 0 aliphatic rings. The SMILES string of the molecule is Bc1cc(F)cc(OC(C)(C)C(F)(F)C(=C)C)c1. The van der Waals surface area contributed by atoms with Gasteiger partial charge in [0.2, 0.25) is 0 Å². The van der Waals surface area contributed by atoms with Crippen LogP contribution in [0.2, 0.25) is 0 Å². The molecule has 5 heteroatoms. The molecule has 0 aliphatic carbocycles. The summed E-state index contributed by atoms with van der Waals surface area (Å²) in [4.78, 5) is 0. The van der Waals surface area contributed by atoms with Crippen LogP contribution in [0.15, 0.2) is 30.4 Å². The van der Waals surface area contributed by atoms with Crippen molar-refractivity contribution in [2.75, 3.05) is 0 Å². The molecule has 0 saturated carbocycles. The fraction of sp³-hybridized carbons (Fsp3) is 0.385. The maximum Gasteiger partial charge on any atom is 0.306 e. The molecule has 0 spiro atoms. The molecular formula is C13H16BF3O. The van der Waals surface area contributed by atoms with E-state index in [-0.39, 0.29) is 11.3 Å². The highest BCUT2D eigenvalue weighted by Gasteiger charge is 2.49. The first-order valence-corrected chi connectivity index (χ1v) is 5.56. The minimum Gasteiger partial charge on any atom is -0.481 e. The first kappa shape index (κ1) is 14.7. The molecule has 0 saturated heterocycles. The van der Waals surface area contributed by atoms with Gasteiger partial charge in [-0.05, 0) is 38.5 Å². The molecule has 0 atom stereocenters. The maximum atomic E-state index is 13.9.